The number of carbonyl (C=O) groups excluding carboxylic acids is 1. The average Bonchev–Trinajstić information content (AvgIpc) is 3.33. The standard InChI is InChI=1S/C25H21ClN4O3S/c1-3-21(31)29-18-8-6-5-7-17(18)22-23(32)27-25(34-4-2)28-30(22)24(29)20-14-13-19(33-20)15-9-11-16(26)12-10-15/h5-14,24H,3-4H2,1-2H3/p+1/t24-/m0/s1. The molecule has 7 nitrogen and oxygen atoms in total. The van der Waals surface area contributed by atoms with Gasteiger partial charge in [-0.1, -0.05) is 49.3 Å². The smallest absolute Gasteiger partial charge is 0.325 e. The zero-order chi connectivity index (χ0) is 23.8. The Morgan fingerprint density at radius 3 is 2.65 bits per heavy atom. The number of benzene rings is 2. The Bertz CT molecular complexity index is 1430. The van der Waals surface area contributed by atoms with Crippen LogP contribution in [0.15, 0.2) is 75.0 Å². The van der Waals surface area contributed by atoms with Crippen LogP contribution in [-0.2, 0) is 4.79 Å². The molecule has 2 aromatic carbocycles. The van der Waals surface area contributed by atoms with E-state index >= 15 is 0 Å². The Labute approximate surface area is 205 Å². The normalized spacial score (nSPS) is 14.6. The van der Waals surface area contributed by atoms with Gasteiger partial charge in [0.05, 0.1) is 11.3 Å². The summed E-state index contributed by atoms with van der Waals surface area (Å²) in [5, 5.41) is 5.85. The quantitative estimate of drug-likeness (QED) is 0.310. The fraction of sp³-hybridized carbons (Fsp3) is 0.200. The Morgan fingerprint density at radius 1 is 1.15 bits per heavy atom. The van der Waals surface area contributed by atoms with E-state index in [1.165, 1.54) is 11.8 Å². The van der Waals surface area contributed by atoms with Gasteiger partial charge in [0.2, 0.25) is 11.1 Å². The molecule has 1 atom stereocenters. The molecule has 2 aromatic heterocycles. The van der Waals surface area contributed by atoms with Crippen LogP contribution in [0.4, 0.5) is 5.69 Å². The number of para-hydroxylation sites is 1. The predicted molar refractivity (Wildman–Crippen MR) is 132 cm³/mol. The van der Waals surface area contributed by atoms with E-state index < -0.39 is 6.17 Å². The van der Waals surface area contributed by atoms with Crippen LogP contribution in [0.1, 0.15) is 32.2 Å². The molecule has 9 heteroatoms. The first kappa shape index (κ1) is 22.4. The second kappa shape index (κ2) is 9.12. The molecular weight excluding hydrogens is 472 g/mol. The number of furan rings is 1. The highest BCUT2D eigenvalue weighted by atomic mass is 35.5. The second-order valence-corrected chi connectivity index (χ2v) is 9.39. The predicted octanol–water partition coefficient (Wildman–Crippen LogP) is 5.05. The summed E-state index contributed by atoms with van der Waals surface area (Å²) in [6.45, 7) is 3.80. The molecule has 0 radical (unpaired) electrons. The molecule has 1 aliphatic heterocycles. The minimum absolute atomic E-state index is 0.105. The van der Waals surface area contributed by atoms with Crippen LogP contribution in [-0.4, -0.2) is 21.7 Å². The molecule has 0 saturated carbocycles. The number of thioether (sulfide) groups is 1. The number of amides is 1. The van der Waals surface area contributed by atoms with Crippen molar-refractivity contribution in [2.75, 3.05) is 10.7 Å². The first-order valence-electron chi connectivity index (χ1n) is 11.0. The van der Waals surface area contributed by atoms with Crippen LogP contribution < -0.4 is 15.1 Å². The lowest BCUT2D eigenvalue weighted by Crippen LogP contribution is -2.60. The van der Waals surface area contributed by atoms with Crippen LogP contribution >= 0.6 is 23.4 Å². The van der Waals surface area contributed by atoms with Crippen molar-refractivity contribution in [3.63, 3.8) is 0 Å². The zero-order valence-corrected chi connectivity index (χ0v) is 20.2. The summed E-state index contributed by atoms with van der Waals surface area (Å²) in [5.74, 6) is 1.76. The van der Waals surface area contributed by atoms with Crippen molar-refractivity contribution in [2.45, 2.75) is 31.6 Å². The lowest BCUT2D eigenvalue weighted by Gasteiger charge is -2.30. The van der Waals surface area contributed by atoms with Gasteiger partial charge in [0.1, 0.15) is 5.76 Å². The highest BCUT2D eigenvalue weighted by Crippen LogP contribution is 2.39. The number of anilines is 1. The number of aromatic nitrogens is 3. The third-order valence-electron chi connectivity index (χ3n) is 5.62. The molecule has 1 amide bonds. The summed E-state index contributed by atoms with van der Waals surface area (Å²) in [5.41, 5.74) is 2.26. The summed E-state index contributed by atoms with van der Waals surface area (Å²) in [6, 6.07) is 18.4. The van der Waals surface area contributed by atoms with Crippen molar-refractivity contribution in [3.05, 3.63) is 81.8 Å². The van der Waals surface area contributed by atoms with Gasteiger partial charge < -0.3 is 4.42 Å². The highest BCUT2D eigenvalue weighted by molar-refractivity contribution is 7.99. The van der Waals surface area contributed by atoms with Crippen LogP contribution in [0.5, 0.6) is 0 Å². The topological polar surface area (TPSA) is 83.1 Å². The molecule has 34 heavy (non-hydrogen) atoms. The largest absolute Gasteiger partial charge is 0.452 e. The van der Waals surface area contributed by atoms with E-state index in [9.17, 15) is 9.59 Å². The molecule has 0 bridgehead atoms. The fourth-order valence-electron chi connectivity index (χ4n) is 4.13. The van der Waals surface area contributed by atoms with Gasteiger partial charge >= 0.3 is 17.4 Å². The summed E-state index contributed by atoms with van der Waals surface area (Å²) >= 11 is 7.46. The number of carbonyl (C=O) groups is 1. The number of fused-ring (bicyclic) bond motifs is 3. The lowest BCUT2D eigenvalue weighted by molar-refractivity contribution is -0.764. The third kappa shape index (κ3) is 3.82. The summed E-state index contributed by atoms with van der Waals surface area (Å²) in [6.07, 6.45) is -0.470. The van der Waals surface area contributed by atoms with Crippen LogP contribution in [0.3, 0.4) is 0 Å². The minimum atomic E-state index is -0.753. The van der Waals surface area contributed by atoms with E-state index in [-0.39, 0.29) is 17.9 Å². The average molecular weight is 494 g/mol. The Morgan fingerprint density at radius 2 is 1.91 bits per heavy atom. The number of rotatable bonds is 5. The van der Waals surface area contributed by atoms with Gasteiger partial charge in [0.25, 0.3) is 0 Å². The molecule has 1 N–H and O–H groups in total. The van der Waals surface area contributed by atoms with Crippen LogP contribution in [0.2, 0.25) is 5.02 Å². The van der Waals surface area contributed by atoms with Crippen molar-refractivity contribution in [1.82, 2.24) is 10.1 Å². The number of aromatic amines is 1. The molecule has 5 rings (SSSR count). The number of hydrogen-bond acceptors (Lipinski definition) is 5. The summed E-state index contributed by atoms with van der Waals surface area (Å²) < 4.78 is 7.88. The molecule has 0 unspecified atom stereocenters. The van der Waals surface area contributed by atoms with E-state index in [0.717, 1.165) is 11.3 Å². The maximum absolute atomic E-state index is 13.3. The Kier molecular flexibility index (Phi) is 6.02. The van der Waals surface area contributed by atoms with E-state index in [1.54, 1.807) is 21.7 Å². The molecule has 0 spiro atoms. The first-order valence-corrected chi connectivity index (χ1v) is 12.3. The van der Waals surface area contributed by atoms with Gasteiger partial charge in [-0.3, -0.25) is 14.6 Å². The molecule has 4 aromatic rings. The second-order valence-electron chi connectivity index (χ2n) is 7.70. The Balaban J connectivity index is 1.74. The number of hydrogen-bond donors (Lipinski definition) is 1. The summed E-state index contributed by atoms with van der Waals surface area (Å²) in [7, 11) is 0. The molecule has 1 aliphatic rings. The molecular formula is C25H22ClN4O3S+. The van der Waals surface area contributed by atoms with Crippen molar-refractivity contribution < 1.29 is 13.9 Å². The van der Waals surface area contributed by atoms with E-state index in [0.29, 0.717) is 38.6 Å². The molecule has 3 heterocycles. The van der Waals surface area contributed by atoms with E-state index in [4.69, 9.17) is 21.1 Å². The fourth-order valence-corrected chi connectivity index (χ4v) is 4.84. The van der Waals surface area contributed by atoms with Crippen molar-refractivity contribution in [3.8, 4) is 22.6 Å². The number of nitrogens with zero attached hydrogens (tertiary/aromatic N) is 3. The number of halogens is 1. The zero-order valence-electron chi connectivity index (χ0n) is 18.6. The maximum atomic E-state index is 13.3. The van der Waals surface area contributed by atoms with Crippen molar-refractivity contribution in [2.24, 2.45) is 0 Å². The highest BCUT2D eigenvalue weighted by Gasteiger charge is 2.47. The molecule has 0 saturated heterocycles. The first-order chi connectivity index (χ1) is 16.5. The van der Waals surface area contributed by atoms with Gasteiger partial charge in [-0.25, -0.2) is 4.90 Å². The van der Waals surface area contributed by atoms with Gasteiger partial charge in [-0.15, -0.1) is 0 Å². The molecule has 0 aliphatic carbocycles. The Hall–Kier alpha value is -3.36. The summed E-state index contributed by atoms with van der Waals surface area (Å²) in [4.78, 5) is 31.0. The van der Waals surface area contributed by atoms with Gasteiger partial charge in [0, 0.05) is 22.1 Å². The van der Waals surface area contributed by atoms with Crippen LogP contribution in [0, 0.1) is 0 Å². The maximum Gasteiger partial charge on any atom is 0.325 e. The molecule has 172 valence electrons. The molecule has 0 fully saturated rings. The SMILES string of the molecule is CCSc1n[n+]2c(c(=O)[nH]1)-c1ccccc1N(C(=O)CC)[C@@H]2c1ccc(-c2ccc(Cl)cc2)o1. The van der Waals surface area contributed by atoms with Crippen molar-refractivity contribution >= 4 is 35.0 Å². The van der Waals surface area contributed by atoms with Crippen molar-refractivity contribution in [1.29, 1.82) is 0 Å². The monoisotopic (exact) mass is 493 g/mol. The van der Waals surface area contributed by atoms with Gasteiger partial charge in [-0.05, 0) is 59.0 Å². The van der Waals surface area contributed by atoms with E-state index in [1.807, 2.05) is 62.4 Å². The number of H-pyrrole nitrogens is 1. The van der Waals surface area contributed by atoms with Gasteiger partial charge in [0.15, 0.2) is 5.76 Å². The minimum Gasteiger partial charge on any atom is -0.452 e. The third-order valence-corrected chi connectivity index (χ3v) is 6.62. The number of nitrogens with one attached hydrogen (secondary N) is 1. The van der Waals surface area contributed by atoms with E-state index in [2.05, 4.69) is 4.98 Å². The van der Waals surface area contributed by atoms with Crippen LogP contribution in [0.25, 0.3) is 22.6 Å². The van der Waals surface area contributed by atoms with Gasteiger partial charge in [-0.2, -0.15) is 0 Å². The lowest BCUT2D eigenvalue weighted by atomic mass is 10.0.